The van der Waals surface area contributed by atoms with Crippen LogP contribution in [-0.2, 0) is 5.75 Å². The van der Waals surface area contributed by atoms with Gasteiger partial charge < -0.3 is 0 Å². The molecule has 0 saturated carbocycles. The molecule has 0 atom stereocenters. The SMILES string of the molecule is Cc1ccc(CSc2nnc(-c3ccncc3)n2-c2ccc(Br)cc2)cc1. The second kappa shape index (κ2) is 8.06. The average Bonchev–Trinajstić information content (AvgIpc) is 3.13. The Hall–Kier alpha value is -2.44. The molecule has 0 aliphatic heterocycles. The summed E-state index contributed by atoms with van der Waals surface area (Å²) < 4.78 is 3.14. The fourth-order valence-corrected chi connectivity index (χ4v) is 3.88. The van der Waals surface area contributed by atoms with E-state index in [1.165, 1.54) is 11.1 Å². The predicted octanol–water partition coefficient (Wildman–Crippen LogP) is 5.69. The number of aromatic nitrogens is 4. The van der Waals surface area contributed by atoms with Crippen LogP contribution in [0.1, 0.15) is 11.1 Å². The summed E-state index contributed by atoms with van der Waals surface area (Å²) in [6, 6.07) is 20.7. The molecule has 0 aliphatic carbocycles. The number of benzene rings is 2. The van der Waals surface area contributed by atoms with Crippen molar-refractivity contribution in [2.75, 3.05) is 0 Å². The highest BCUT2D eigenvalue weighted by Gasteiger charge is 2.16. The van der Waals surface area contributed by atoms with Gasteiger partial charge >= 0.3 is 0 Å². The van der Waals surface area contributed by atoms with Gasteiger partial charge in [-0.15, -0.1) is 10.2 Å². The maximum atomic E-state index is 4.47. The third kappa shape index (κ3) is 4.12. The van der Waals surface area contributed by atoms with Crippen molar-refractivity contribution in [3.05, 3.63) is 88.7 Å². The number of halogens is 1. The van der Waals surface area contributed by atoms with Crippen LogP contribution in [-0.4, -0.2) is 19.7 Å². The zero-order valence-corrected chi connectivity index (χ0v) is 17.1. The number of thioether (sulfide) groups is 1. The van der Waals surface area contributed by atoms with Crippen molar-refractivity contribution in [3.8, 4) is 17.1 Å². The highest BCUT2D eigenvalue weighted by Crippen LogP contribution is 2.30. The molecule has 0 spiro atoms. The summed E-state index contributed by atoms with van der Waals surface area (Å²) in [7, 11) is 0. The highest BCUT2D eigenvalue weighted by atomic mass is 79.9. The summed E-state index contributed by atoms with van der Waals surface area (Å²) in [5.41, 5.74) is 4.55. The van der Waals surface area contributed by atoms with Crippen LogP contribution in [0.3, 0.4) is 0 Å². The molecular weight excluding hydrogens is 420 g/mol. The molecule has 0 radical (unpaired) electrons. The van der Waals surface area contributed by atoms with Crippen molar-refractivity contribution in [1.82, 2.24) is 19.7 Å². The Bertz CT molecular complexity index is 1030. The molecule has 0 aliphatic rings. The predicted molar refractivity (Wildman–Crippen MR) is 113 cm³/mol. The topological polar surface area (TPSA) is 43.6 Å². The largest absolute Gasteiger partial charge is 0.270 e. The van der Waals surface area contributed by atoms with Gasteiger partial charge in [0.1, 0.15) is 0 Å². The number of hydrogen-bond donors (Lipinski definition) is 0. The monoisotopic (exact) mass is 436 g/mol. The van der Waals surface area contributed by atoms with Crippen LogP contribution < -0.4 is 0 Å². The van der Waals surface area contributed by atoms with Crippen LogP contribution in [0.25, 0.3) is 17.1 Å². The van der Waals surface area contributed by atoms with E-state index in [9.17, 15) is 0 Å². The van der Waals surface area contributed by atoms with Crippen LogP contribution in [0, 0.1) is 6.92 Å². The van der Waals surface area contributed by atoms with Crippen molar-refractivity contribution in [3.63, 3.8) is 0 Å². The van der Waals surface area contributed by atoms with Gasteiger partial charge in [0, 0.05) is 33.9 Å². The molecule has 4 aromatic rings. The summed E-state index contributed by atoms with van der Waals surface area (Å²) in [6.07, 6.45) is 3.55. The van der Waals surface area contributed by atoms with Crippen molar-refractivity contribution in [2.24, 2.45) is 0 Å². The lowest BCUT2D eigenvalue weighted by atomic mass is 10.2. The molecule has 0 fully saturated rings. The van der Waals surface area contributed by atoms with Gasteiger partial charge in [-0.3, -0.25) is 9.55 Å². The Labute approximate surface area is 170 Å². The molecule has 27 heavy (non-hydrogen) atoms. The summed E-state index contributed by atoms with van der Waals surface area (Å²) >= 11 is 5.19. The molecular formula is C21H17BrN4S. The first kappa shape index (κ1) is 17.9. The van der Waals surface area contributed by atoms with Gasteiger partial charge in [-0.1, -0.05) is 57.5 Å². The standard InChI is InChI=1S/C21H17BrN4S/c1-15-2-4-16(5-3-15)14-27-21-25-24-20(17-10-12-23-13-11-17)26(21)19-8-6-18(22)7-9-19/h2-13H,14H2,1H3. The molecule has 6 heteroatoms. The first-order chi connectivity index (χ1) is 13.2. The van der Waals surface area contributed by atoms with E-state index in [1.54, 1.807) is 24.2 Å². The van der Waals surface area contributed by atoms with E-state index >= 15 is 0 Å². The van der Waals surface area contributed by atoms with E-state index in [2.05, 4.69) is 79.0 Å². The van der Waals surface area contributed by atoms with Crippen LogP contribution in [0.2, 0.25) is 0 Å². The van der Waals surface area contributed by atoms with E-state index in [-0.39, 0.29) is 0 Å². The summed E-state index contributed by atoms with van der Waals surface area (Å²) in [5, 5.41) is 9.80. The fraction of sp³-hybridized carbons (Fsp3) is 0.0952. The maximum Gasteiger partial charge on any atom is 0.196 e. The summed E-state index contributed by atoms with van der Waals surface area (Å²) in [4.78, 5) is 4.11. The number of rotatable bonds is 5. The minimum Gasteiger partial charge on any atom is -0.270 e. The van der Waals surface area contributed by atoms with Crippen LogP contribution in [0.5, 0.6) is 0 Å². The zero-order chi connectivity index (χ0) is 18.6. The Morgan fingerprint density at radius 3 is 2.30 bits per heavy atom. The van der Waals surface area contributed by atoms with Gasteiger partial charge in [-0.05, 0) is 48.9 Å². The molecule has 2 aromatic carbocycles. The average molecular weight is 437 g/mol. The fourth-order valence-electron chi connectivity index (χ4n) is 2.71. The number of pyridine rings is 1. The molecule has 4 nitrogen and oxygen atoms in total. The molecule has 134 valence electrons. The molecule has 0 unspecified atom stereocenters. The molecule has 0 N–H and O–H groups in total. The summed E-state index contributed by atoms with van der Waals surface area (Å²) in [5.74, 6) is 1.65. The van der Waals surface area contributed by atoms with E-state index in [1.807, 2.05) is 24.3 Å². The highest BCUT2D eigenvalue weighted by molar-refractivity contribution is 9.10. The smallest absolute Gasteiger partial charge is 0.196 e. The van der Waals surface area contributed by atoms with Crippen LogP contribution in [0.4, 0.5) is 0 Å². The Morgan fingerprint density at radius 2 is 1.59 bits per heavy atom. The van der Waals surface area contributed by atoms with E-state index in [0.717, 1.165) is 32.5 Å². The van der Waals surface area contributed by atoms with E-state index < -0.39 is 0 Å². The number of hydrogen-bond acceptors (Lipinski definition) is 4. The van der Waals surface area contributed by atoms with Gasteiger partial charge in [-0.2, -0.15) is 0 Å². The second-order valence-corrected chi connectivity index (χ2v) is 7.99. The Morgan fingerprint density at radius 1 is 0.889 bits per heavy atom. The molecule has 4 rings (SSSR count). The van der Waals surface area contributed by atoms with Gasteiger partial charge in [-0.25, -0.2) is 0 Å². The zero-order valence-electron chi connectivity index (χ0n) is 14.7. The molecule has 0 amide bonds. The minimum absolute atomic E-state index is 0.811. The van der Waals surface area contributed by atoms with Gasteiger partial charge in [0.2, 0.25) is 0 Å². The Balaban J connectivity index is 1.71. The number of nitrogens with zero attached hydrogens (tertiary/aromatic N) is 4. The van der Waals surface area contributed by atoms with Crippen molar-refractivity contribution < 1.29 is 0 Å². The third-order valence-corrected chi connectivity index (χ3v) is 5.67. The molecule has 2 aromatic heterocycles. The van der Waals surface area contributed by atoms with Gasteiger partial charge in [0.05, 0.1) is 0 Å². The molecule has 0 bridgehead atoms. The van der Waals surface area contributed by atoms with Gasteiger partial charge in [0.15, 0.2) is 11.0 Å². The maximum absolute atomic E-state index is 4.47. The number of aryl methyl sites for hydroxylation is 1. The first-order valence-electron chi connectivity index (χ1n) is 8.51. The first-order valence-corrected chi connectivity index (χ1v) is 10.3. The second-order valence-electron chi connectivity index (χ2n) is 6.13. The third-order valence-electron chi connectivity index (χ3n) is 4.15. The van der Waals surface area contributed by atoms with Crippen LogP contribution in [0.15, 0.2) is 82.7 Å². The lowest BCUT2D eigenvalue weighted by Crippen LogP contribution is -1.99. The molecule has 0 saturated heterocycles. The van der Waals surface area contributed by atoms with Crippen molar-refractivity contribution >= 4 is 27.7 Å². The quantitative estimate of drug-likeness (QED) is 0.376. The van der Waals surface area contributed by atoms with E-state index in [0.29, 0.717) is 0 Å². The van der Waals surface area contributed by atoms with E-state index in [4.69, 9.17) is 0 Å². The van der Waals surface area contributed by atoms with Gasteiger partial charge in [0.25, 0.3) is 0 Å². The van der Waals surface area contributed by atoms with Crippen molar-refractivity contribution in [2.45, 2.75) is 17.8 Å². The summed E-state index contributed by atoms with van der Waals surface area (Å²) in [6.45, 7) is 2.10. The lowest BCUT2D eigenvalue weighted by molar-refractivity contribution is 0.885. The van der Waals surface area contributed by atoms with Crippen LogP contribution >= 0.6 is 27.7 Å². The normalized spacial score (nSPS) is 10.9. The van der Waals surface area contributed by atoms with Crippen molar-refractivity contribution in [1.29, 1.82) is 0 Å². The molecule has 2 heterocycles. The Kier molecular flexibility index (Phi) is 5.36. The lowest BCUT2D eigenvalue weighted by Gasteiger charge is -2.10. The minimum atomic E-state index is 0.811.